The lowest BCUT2D eigenvalue weighted by Gasteiger charge is -2.52. The van der Waals surface area contributed by atoms with Crippen LogP contribution in [0.5, 0.6) is 0 Å². The first-order valence-corrected chi connectivity index (χ1v) is 7.33. The van der Waals surface area contributed by atoms with Gasteiger partial charge >= 0.3 is 0 Å². The van der Waals surface area contributed by atoms with Crippen LogP contribution in [0.1, 0.15) is 65.7 Å². The van der Waals surface area contributed by atoms with Crippen molar-refractivity contribution in [1.29, 1.82) is 0 Å². The quantitative estimate of drug-likeness (QED) is 0.792. The maximum absolute atomic E-state index is 11.1. The molecule has 0 aliphatic heterocycles. The number of hydrogen-bond acceptors (Lipinski definition) is 2. The molecule has 0 heterocycles. The van der Waals surface area contributed by atoms with Crippen LogP contribution < -0.4 is 5.73 Å². The Kier molecular flexibility index (Phi) is 3.33. The summed E-state index contributed by atoms with van der Waals surface area (Å²) in [4.78, 5) is 0. The standard InChI is InChI=1S/C15H29NO/c1-4-12-5-7-15(11-16,8-6-12)14(3,17)13(2)9-10-13/h12,17H,4-11,16H2,1-3H3. The minimum atomic E-state index is -0.576. The van der Waals surface area contributed by atoms with Crippen LogP contribution in [0, 0.1) is 16.7 Å². The van der Waals surface area contributed by atoms with Crippen molar-refractivity contribution in [2.75, 3.05) is 6.54 Å². The second-order valence-corrected chi connectivity index (χ2v) is 6.97. The van der Waals surface area contributed by atoms with Crippen molar-refractivity contribution in [3.63, 3.8) is 0 Å². The minimum absolute atomic E-state index is 0.0239. The van der Waals surface area contributed by atoms with E-state index in [9.17, 15) is 5.11 Å². The fourth-order valence-electron chi connectivity index (χ4n) is 3.84. The average Bonchev–Trinajstić information content (AvgIpc) is 3.09. The van der Waals surface area contributed by atoms with E-state index >= 15 is 0 Å². The fraction of sp³-hybridized carbons (Fsp3) is 1.00. The van der Waals surface area contributed by atoms with Gasteiger partial charge in [-0.1, -0.05) is 20.3 Å². The maximum atomic E-state index is 11.1. The van der Waals surface area contributed by atoms with Crippen molar-refractivity contribution in [3.8, 4) is 0 Å². The van der Waals surface area contributed by atoms with Gasteiger partial charge in [-0.05, 0) is 56.8 Å². The molecule has 0 aromatic carbocycles. The van der Waals surface area contributed by atoms with Gasteiger partial charge < -0.3 is 10.8 Å². The molecule has 2 saturated carbocycles. The van der Waals surface area contributed by atoms with Crippen LogP contribution in [0.3, 0.4) is 0 Å². The van der Waals surface area contributed by atoms with Crippen LogP contribution in [-0.2, 0) is 0 Å². The SMILES string of the molecule is CCC1CCC(CN)(C(C)(O)C2(C)CC2)CC1. The van der Waals surface area contributed by atoms with Gasteiger partial charge in [0.2, 0.25) is 0 Å². The summed E-state index contributed by atoms with van der Waals surface area (Å²) in [7, 11) is 0. The van der Waals surface area contributed by atoms with E-state index in [1.165, 1.54) is 32.1 Å². The molecule has 1 unspecified atom stereocenters. The monoisotopic (exact) mass is 239 g/mol. The molecule has 2 rings (SSSR count). The van der Waals surface area contributed by atoms with Gasteiger partial charge in [0.25, 0.3) is 0 Å². The van der Waals surface area contributed by atoms with Gasteiger partial charge in [-0.25, -0.2) is 0 Å². The molecule has 100 valence electrons. The molecule has 2 aliphatic carbocycles. The summed E-state index contributed by atoms with van der Waals surface area (Å²) in [6.45, 7) is 7.21. The molecule has 0 aromatic heterocycles. The zero-order valence-electron chi connectivity index (χ0n) is 11.8. The van der Waals surface area contributed by atoms with E-state index in [2.05, 4.69) is 20.8 Å². The highest BCUT2D eigenvalue weighted by Crippen LogP contribution is 2.62. The first kappa shape index (κ1) is 13.4. The van der Waals surface area contributed by atoms with Gasteiger partial charge in [-0.15, -0.1) is 0 Å². The molecule has 3 N–H and O–H groups in total. The van der Waals surface area contributed by atoms with E-state index in [4.69, 9.17) is 5.73 Å². The van der Waals surface area contributed by atoms with E-state index in [-0.39, 0.29) is 10.8 Å². The van der Waals surface area contributed by atoms with E-state index in [1.807, 2.05) is 0 Å². The van der Waals surface area contributed by atoms with Gasteiger partial charge in [-0.2, -0.15) is 0 Å². The number of hydrogen-bond donors (Lipinski definition) is 2. The molecular weight excluding hydrogens is 210 g/mol. The smallest absolute Gasteiger partial charge is 0.0741 e. The Hall–Kier alpha value is -0.0800. The van der Waals surface area contributed by atoms with Crippen molar-refractivity contribution >= 4 is 0 Å². The molecule has 2 nitrogen and oxygen atoms in total. The Morgan fingerprint density at radius 1 is 1.24 bits per heavy atom. The molecule has 0 amide bonds. The number of nitrogens with two attached hydrogens (primary N) is 1. The highest BCUT2D eigenvalue weighted by atomic mass is 16.3. The Morgan fingerprint density at radius 3 is 2.12 bits per heavy atom. The third kappa shape index (κ3) is 1.94. The largest absolute Gasteiger partial charge is 0.389 e. The second kappa shape index (κ2) is 4.24. The summed E-state index contributed by atoms with van der Waals surface area (Å²) in [5, 5.41) is 11.1. The molecule has 0 bridgehead atoms. The van der Waals surface area contributed by atoms with Gasteiger partial charge in [0.15, 0.2) is 0 Å². The molecule has 0 aromatic rings. The lowest BCUT2D eigenvalue weighted by Crippen LogP contribution is -2.56. The zero-order valence-corrected chi connectivity index (χ0v) is 11.8. The summed E-state index contributed by atoms with van der Waals surface area (Å²) in [5.74, 6) is 0.859. The maximum Gasteiger partial charge on any atom is 0.0741 e. The summed E-state index contributed by atoms with van der Waals surface area (Å²) in [6, 6.07) is 0. The Morgan fingerprint density at radius 2 is 1.76 bits per heavy atom. The molecule has 17 heavy (non-hydrogen) atoms. The first-order valence-electron chi connectivity index (χ1n) is 7.33. The molecule has 0 saturated heterocycles. The van der Waals surface area contributed by atoms with E-state index in [0.29, 0.717) is 6.54 Å². The predicted molar refractivity (Wildman–Crippen MR) is 71.7 cm³/mol. The molecule has 2 aliphatic rings. The molecule has 1 atom stereocenters. The molecule has 0 radical (unpaired) electrons. The van der Waals surface area contributed by atoms with Crippen LogP contribution in [0.15, 0.2) is 0 Å². The van der Waals surface area contributed by atoms with Crippen molar-refractivity contribution in [2.45, 2.75) is 71.3 Å². The zero-order chi connectivity index (χ0) is 12.7. The third-order valence-corrected chi connectivity index (χ3v) is 6.24. The van der Waals surface area contributed by atoms with Crippen LogP contribution in [0.2, 0.25) is 0 Å². The lowest BCUT2D eigenvalue weighted by atomic mass is 9.57. The Balaban J connectivity index is 2.15. The van der Waals surface area contributed by atoms with Crippen molar-refractivity contribution in [2.24, 2.45) is 22.5 Å². The van der Waals surface area contributed by atoms with Gasteiger partial charge in [0.1, 0.15) is 0 Å². The third-order valence-electron chi connectivity index (χ3n) is 6.24. The Labute approximate surface area is 106 Å². The number of aliphatic hydroxyl groups is 1. The van der Waals surface area contributed by atoms with Crippen molar-refractivity contribution < 1.29 is 5.11 Å². The molecule has 2 heteroatoms. The highest BCUT2D eigenvalue weighted by Gasteiger charge is 2.61. The molecular formula is C15H29NO. The van der Waals surface area contributed by atoms with E-state index < -0.39 is 5.60 Å². The molecule has 0 spiro atoms. The average molecular weight is 239 g/mol. The van der Waals surface area contributed by atoms with Crippen molar-refractivity contribution in [1.82, 2.24) is 0 Å². The first-order chi connectivity index (χ1) is 7.91. The van der Waals surface area contributed by atoms with E-state index in [0.717, 1.165) is 18.8 Å². The normalized spacial score (nSPS) is 39.7. The topological polar surface area (TPSA) is 46.2 Å². The minimum Gasteiger partial charge on any atom is -0.389 e. The predicted octanol–water partition coefficient (Wildman–Crippen LogP) is 3.08. The highest BCUT2D eigenvalue weighted by molar-refractivity contribution is 5.13. The van der Waals surface area contributed by atoms with Gasteiger partial charge in [-0.3, -0.25) is 0 Å². The second-order valence-electron chi connectivity index (χ2n) is 6.97. The van der Waals surface area contributed by atoms with Crippen molar-refractivity contribution in [3.05, 3.63) is 0 Å². The van der Waals surface area contributed by atoms with Crippen LogP contribution in [0.25, 0.3) is 0 Å². The van der Waals surface area contributed by atoms with E-state index in [1.54, 1.807) is 0 Å². The summed E-state index contributed by atoms with van der Waals surface area (Å²) < 4.78 is 0. The van der Waals surface area contributed by atoms with Gasteiger partial charge in [0, 0.05) is 12.0 Å². The summed E-state index contributed by atoms with van der Waals surface area (Å²) in [6.07, 6.45) is 8.34. The fourth-order valence-corrected chi connectivity index (χ4v) is 3.84. The number of rotatable bonds is 4. The van der Waals surface area contributed by atoms with Gasteiger partial charge in [0.05, 0.1) is 5.60 Å². The lowest BCUT2D eigenvalue weighted by molar-refractivity contribution is -0.136. The summed E-state index contributed by atoms with van der Waals surface area (Å²) in [5.41, 5.74) is 5.61. The van der Waals surface area contributed by atoms with Crippen LogP contribution in [-0.4, -0.2) is 17.3 Å². The van der Waals surface area contributed by atoms with Crippen LogP contribution >= 0.6 is 0 Å². The summed E-state index contributed by atoms with van der Waals surface area (Å²) >= 11 is 0. The Bertz CT molecular complexity index is 273. The van der Waals surface area contributed by atoms with Crippen LogP contribution in [0.4, 0.5) is 0 Å². The molecule has 2 fully saturated rings.